The van der Waals surface area contributed by atoms with Crippen LogP contribution in [0.2, 0.25) is 0 Å². The molecule has 1 aliphatic rings. The Morgan fingerprint density at radius 3 is 3.00 bits per heavy atom. The van der Waals surface area contributed by atoms with Crippen LogP contribution in [0.1, 0.15) is 17.7 Å². The fraction of sp³-hybridized carbons (Fsp3) is 0.500. The van der Waals surface area contributed by atoms with E-state index in [2.05, 4.69) is 4.99 Å². The number of methoxy groups -OCH3 is 1. The molecular weight excluding hydrogens is 250 g/mol. The first-order valence-electron chi connectivity index (χ1n) is 5.74. The molecule has 0 saturated heterocycles. The number of nitrogens with two attached hydrogens (primary N) is 1. The Balaban J connectivity index is 2.40. The molecule has 0 unspecified atom stereocenters. The van der Waals surface area contributed by atoms with Gasteiger partial charge in [0.2, 0.25) is 5.91 Å². The van der Waals surface area contributed by atoms with Crippen LogP contribution in [0.5, 0.6) is 0 Å². The number of nitrogens with zero attached hydrogens (tertiary/aromatic N) is 2. The van der Waals surface area contributed by atoms with Gasteiger partial charge in [-0.3, -0.25) is 9.69 Å². The zero-order valence-corrected chi connectivity index (χ0v) is 11.4. The third kappa shape index (κ3) is 2.26. The first-order chi connectivity index (χ1) is 8.59. The maximum absolute atomic E-state index is 12.0. The van der Waals surface area contributed by atoms with E-state index in [-0.39, 0.29) is 11.9 Å². The van der Waals surface area contributed by atoms with Crippen LogP contribution in [-0.4, -0.2) is 37.5 Å². The Bertz CT molecular complexity index is 458. The molecule has 0 fully saturated rings. The highest BCUT2D eigenvalue weighted by molar-refractivity contribution is 7.10. The smallest absolute Gasteiger partial charge is 0.231 e. The monoisotopic (exact) mass is 267 g/mol. The van der Waals surface area contributed by atoms with E-state index in [4.69, 9.17) is 10.5 Å². The minimum atomic E-state index is -0.558. The zero-order valence-electron chi connectivity index (χ0n) is 10.5. The van der Waals surface area contributed by atoms with Crippen molar-refractivity contribution in [3.05, 3.63) is 22.4 Å². The fourth-order valence-corrected chi connectivity index (χ4v) is 2.95. The molecular formula is C12H17N3O2S. The second-order valence-corrected chi connectivity index (χ2v) is 5.30. The summed E-state index contributed by atoms with van der Waals surface area (Å²) in [6.07, 6.45) is 0.998. The predicted molar refractivity (Wildman–Crippen MR) is 71.5 cm³/mol. The molecule has 1 amide bonds. The van der Waals surface area contributed by atoms with Gasteiger partial charge in [0, 0.05) is 32.1 Å². The molecule has 2 N–H and O–H groups in total. The maximum atomic E-state index is 12.0. The summed E-state index contributed by atoms with van der Waals surface area (Å²) in [5.41, 5.74) is 5.28. The van der Waals surface area contributed by atoms with Gasteiger partial charge in [-0.25, -0.2) is 4.99 Å². The summed E-state index contributed by atoms with van der Waals surface area (Å²) in [6, 6.07) is 3.96. The van der Waals surface area contributed by atoms with Crippen molar-refractivity contribution in [3.8, 4) is 0 Å². The van der Waals surface area contributed by atoms with Crippen molar-refractivity contribution in [2.45, 2.75) is 18.4 Å². The van der Waals surface area contributed by atoms with Gasteiger partial charge in [-0.15, -0.1) is 11.3 Å². The van der Waals surface area contributed by atoms with Crippen molar-refractivity contribution >= 4 is 23.2 Å². The Morgan fingerprint density at radius 2 is 2.44 bits per heavy atom. The lowest BCUT2D eigenvalue weighted by Gasteiger charge is -2.35. The molecule has 0 saturated carbocycles. The van der Waals surface area contributed by atoms with Crippen LogP contribution in [0.25, 0.3) is 0 Å². The molecule has 6 heteroatoms. The van der Waals surface area contributed by atoms with Gasteiger partial charge in [-0.05, 0) is 11.4 Å². The number of ether oxygens (including phenoxy) is 1. The lowest BCUT2D eigenvalue weighted by atomic mass is 9.88. The molecule has 0 aliphatic carbocycles. The number of hydrogen-bond acceptors (Lipinski definition) is 5. The average Bonchev–Trinajstić information content (AvgIpc) is 2.87. The summed E-state index contributed by atoms with van der Waals surface area (Å²) in [5.74, 6) is 0.266. The van der Waals surface area contributed by atoms with Crippen LogP contribution in [-0.2, 0) is 15.1 Å². The molecule has 0 spiro atoms. The standard InChI is InChI=1S/C12H17N3O2S/c1-15-10(16)8-12(5-6-17-2,14-11(15)13)9-4-3-7-18-9/h3-4,7H,5-6,8H2,1-2H3,(H2,13,14)/t12-/m0/s1. The number of amides is 1. The molecule has 1 atom stereocenters. The van der Waals surface area contributed by atoms with Gasteiger partial charge in [0.15, 0.2) is 5.96 Å². The Kier molecular flexibility index (Phi) is 3.68. The number of carbonyl (C=O) groups excluding carboxylic acids is 1. The van der Waals surface area contributed by atoms with Crippen molar-refractivity contribution in [1.82, 2.24) is 4.90 Å². The summed E-state index contributed by atoms with van der Waals surface area (Å²) in [5, 5.41) is 1.98. The molecule has 2 heterocycles. The molecule has 0 radical (unpaired) electrons. The van der Waals surface area contributed by atoms with Gasteiger partial charge in [0.25, 0.3) is 0 Å². The van der Waals surface area contributed by atoms with Crippen molar-refractivity contribution in [2.24, 2.45) is 10.7 Å². The molecule has 1 aromatic heterocycles. The minimum absolute atomic E-state index is 0.00740. The van der Waals surface area contributed by atoms with Gasteiger partial charge in [0.1, 0.15) is 5.54 Å². The van der Waals surface area contributed by atoms with E-state index in [1.807, 2.05) is 17.5 Å². The average molecular weight is 267 g/mol. The Hall–Kier alpha value is -1.40. The van der Waals surface area contributed by atoms with Gasteiger partial charge >= 0.3 is 0 Å². The number of thiophene rings is 1. The third-order valence-electron chi connectivity index (χ3n) is 3.19. The van der Waals surface area contributed by atoms with E-state index in [1.165, 1.54) is 4.90 Å². The highest BCUT2D eigenvalue weighted by Gasteiger charge is 2.40. The topological polar surface area (TPSA) is 67.9 Å². The van der Waals surface area contributed by atoms with Gasteiger partial charge in [-0.1, -0.05) is 6.07 Å². The second kappa shape index (κ2) is 5.07. The molecule has 18 heavy (non-hydrogen) atoms. The maximum Gasteiger partial charge on any atom is 0.231 e. The molecule has 5 nitrogen and oxygen atoms in total. The van der Waals surface area contributed by atoms with Crippen LogP contribution < -0.4 is 5.73 Å². The highest BCUT2D eigenvalue weighted by atomic mass is 32.1. The Labute approximate surface area is 110 Å². The zero-order chi connectivity index (χ0) is 13.2. The number of hydrogen-bond donors (Lipinski definition) is 1. The largest absolute Gasteiger partial charge is 0.385 e. The van der Waals surface area contributed by atoms with Gasteiger partial charge < -0.3 is 10.5 Å². The number of carbonyl (C=O) groups is 1. The summed E-state index contributed by atoms with van der Waals surface area (Å²) in [6.45, 7) is 0.547. The van der Waals surface area contributed by atoms with Crippen molar-refractivity contribution < 1.29 is 9.53 Å². The molecule has 0 aromatic carbocycles. The van der Waals surface area contributed by atoms with Crippen molar-refractivity contribution in [2.75, 3.05) is 20.8 Å². The quantitative estimate of drug-likeness (QED) is 0.890. The van der Waals surface area contributed by atoms with Crippen LogP contribution in [0.3, 0.4) is 0 Å². The van der Waals surface area contributed by atoms with Crippen LogP contribution in [0.15, 0.2) is 22.5 Å². The number of rotatable bonds is 4. The number of guanidine groups is 1. The minimum Gasteiger partial charge on any atom is -0.385 e. The van der Waals surface area contributed by atoms with Crippen LogP contribution in [0, 0.1) is 0 Å². The lowest BCUT2D eigenvalue weighted by molar-refractivity contribution is -0.128. The summed E-state index contributed by atoms with van der Waals surface area (Å²) in [4.78, 5) is 19.0. The molecule has 0 bridgehead atoms. The van der Waals surface area contributed by atoms with E-state index in [9.17, 15) is 4.79 Å². The third-order valence-corrected chi connectivity index (χ3v) is 4.25. The van der Waals surface area contributed by atoms with E-state index in [0.717, 1.165) is 4.88 Å². The summed E-state index contributed by atoms with van der Waals surface area (Å²) in [7, 11) is 3.29. The van der Waals surface area contributed by atoms with Crippen molar-refractivity contribution in [3.63, 3.8) is 0 Å². The summed E-state index contributed by atoms with van der Waals surface area (Å²) >= 11 is 1.60. The second-order valence-electron chi connectivity index (χ2n) is 4.35. The molecule has 2 rings (SSSR count). The predicted octanol–water partition coefficient (Wildman–Crippen LogP) is 1.16. The first-order valence-corrected chi connectivity index (χ1v) is 6.62. The molecule has 1 aromatic rings. The van der Waals surface area contributed by atoms with E-state index >= 15 is 0 Å². The van der Waals surface area contributed by atoms with Crippen LogP contribution in [0.4, 0.5) is 0 Å². The van der Waals surface area contributed by atoms with E-state index < -0.39 is 5.54 Å². The van der Waals surface area contributed by atoms with E-state index in [1.54, 1.807) is 25.5 Å². The Morgan fingerprint density at radius 1 is 1.67 bits per heavy atom. The lowest BCUT2D eigenvalue weighted by Crippen LogP contribution is -2.48. The number of aliphatic imine (C=N–C) groups is 1. The normalized spacial score (nSPS) is 24.2. The highest BCUT2D eigenvalue weighted by Crippen LogP contribution is 2.39. The van der Waals surface area contributed by atoms with Crippen LogP contribution >= 0.6 is 11.3 Å². The van der Waals surface area contributed by atoms with Gasteiger partial charge in [-0.2, -0.15) is 0 Å². The first kappa shape index (κ1) is 13.0. The van der Waals surface area contributed by atoms with Crippen molar-refractivity contribution in [1.29, 1.82) is 0 Å². The SMILES string of the molecule is COCC[C@@]1(c2cccs2)CC(=O)N(C)C(N)=N1. The molecule has 1 aliphatic heterocycles. The van der Waals surface area contributed by atoms with E-state index in [0.29, 0.717) is 19.4 Å². The summed E-state index contributed by atoms with van der Waals surface area (Å²) < 4.78 is 5.13. The fourth-order valence-electron chi connectivity index (χ4n) is 2.05. The molecule has 98 valence electrons. The van der Waals surface area contributed by atoms with Gasteiger partial charge in [0.05, 0.1) is 6.42 Å².